The highest BCUT2D eigenvalue weighted by atomic mass is 35.5. The number of likely N-dealkylation sites (N-methyl/N-ethyl adjacent to an activating group) is 1. The zero-order chi connectivity index (χ0) is 13.7. The van der Waals surface area contributed by atoms with Crippen LogP contribution in [0.15, 0.2) is 34.5 Å². The Bertz CT molecular complexity index is 528. The molecule has 0 fully saturated rings. The highest BCUT2D eigenvalue weighted by Gasteiger charge is 2.11. The number of nitrogens with zero attached hydrogens (tertiary/aromatic N) is 1. The molecule has 1 aromatic carbocycles. The number of thioether (sulfide) groups is 1. The summed E-state index contributed by atoms with van der Waals surface area (Å²) in [5, 5.41) is 7.44. The maximum absolute atomic E-state index is 6.16. The van der Waals surface area contributed by atoms with Gasteiger partial charge in [-0.1, -0.05) is 23.7 Å². The maximum Gasteiger partial charge on any atom is 0.0897 e. The van der Waals surface area contributed by atoms with E-state index in [-0.39, 0.29) is 0 Å². The molecule has 5 heteroatoms. The van der Waals surface area contributed by atoms with Crippen LogP contribution in [-0.4, -0.2) is 23.8 Å². The highest BCUT2D eigenvalue weighted by molar-refractivity contribution is 7.99. The zero-order valence-corrected chi connectivity index (χ0v) is 13.4. The molecular weight excluding hydrogens is 296 g/mol. The normalized spacial score (nSPS) is 12.6. The molecule has 1 aromatic heterocycles. The van der Waals surface area contributed by atoms with Gasteiger partial charge in [0.15, 0.2) is 0 Å². The minimum absolute atomic E-state index is 0.405. The molecule has 0 spiro atoms. The third-order valence-electron chi connectivity index (χ3n) is 2.81. The molecule has 2 aromatic rings. The van der Waals surface area contributed by atoms with Crippen molar-refractivity contribution in [2.45, 2.75) is 24.3 Å². The van der Waals surface area contributed by atoms with E-state index >= 15 is 0 Å². The number of rotatable bonds is 6. The Balaban J connectivity index is 1.91. The van der Waals surface area contributed by atoms with E-state index in [0.29, 0.717) is 6.04 Å². The lowest BCUT2D eigenvalue weighted by atomic mass is 10.2. The third kappa shape index (κ3) is 4.49. The van der Waals surface area contributed by atoms with Crippen LogP contribution in [0.3, 0.4) is 0 Å². The second-order valence-electron chi connectivity index (χ2n) is 4.29. The summed E-state index contributed by atoms with van der Waals surface area (Å²) in [5.74, 6) is 0.983. The van der Waals surface area contributed by atoms with Crippen LogP contribution in [0.2, 0.25) is 5.02 Å². The van der Waals surface area contributed by atoms with Crippen molar-refractivity contribution in [2.75, 3.05) is 12.8 Å². The zero-order valence-electron chi connectivity index (χ0n) is 11.0. The topological polar surface area (TPSA) is 24.9 Å². The molecule has 102 valence electrons. The highest BCUT2D eigenvalue weighted by Crippen LogP contribution is 2.27. The largest absolute Gasteiger partial charge is 0.316 e. The van der Waals surface area contributed by atoms with Gasteiger partial charge in [0.2, 0.25) is 0 Å². The molecule has 2 rings (SSSR count). The van der Waals surface area contributed by atoms with Gasteiger partial charge in [-0.2, -0.15) is 0 Å². The molecule has 0 aliphatic carbocycles. The van der Waals surface area contributed by atoms with E-state index in [1.165, 1.54) is 5.69 Å². The molecule has 0 saturated heterocycles. The molecule has 1 heterocycles. The molecule has 1 unspecified atom stereocenters. The first-order valence-electron chi connectivity index (χ1n) is 6.14. The minimum Gasteiger partial charge on any atom is -0.316 e. The SMILES string of the molecule is CNC(CSc1ccccc1Cl)Cc1csc(C)n1. The van der Waals surface area contributed by atoms with Gasteiger partial charge in [0.05, 0.1) is 15.7 Å². The first-order valence-corrected chi connectivity index (χ1v) is 8.39. The predicted molar refractivity (Wildman–Crippen MR) is 85.6 cm³/mol. The molecule has 1 atom stereocenters. The van der Waals surface area contributed by atoms with E-state index in [9.17, 15) is 0 Å². The van der Waals surface area contributed by atoms with Crippen LogP contribution in [0.25, 0.3) is 0 Å². The molecule has 2 nitrogen and oxygen atoms in total. The summed E-state index contributed by atoms with van der Waals surface area (Å²) in [5.41, 5.74) is 1.17. The van der Waals surface area contributed by atoms with Crippen LogP contribution in [-0.2, 0) is 6.42 Å². The van der Waals surface area contributed by atoms with Gasteiger partial charge in [-0.25, -0.2) is 4.98 Å². The van der Waals surface area contributed by atoms with E-state index in [1.807, 2.05) is 32.2 Å². The van der Waals surface area contributed by atoms with Gasteiger partial charge in [0.1, 0.15) is 0 Å². The van der Waals surface area contributed by atoms with E-state index in [0.717, 1.165) is 27.1 Å². The van der Waals surface area contributed by atoms with Crippen molar-refractivity contribution < 1.29 is 0 Å². The first kappa shape index (κ1) is 14.9. The molecule has 0 radical (unpaired) electrons. The van der Waals surface area contributed by atoms with Gasteiger partial charge >= 0.3 is 0 Å². The molecule has 1 N–H and O–H groups in total. The van der Waals surface area contributed by atoms with Crippen molar-refractivity contribution in [3.05, 3.63) is 45.4 Å². The van der Waals surface area contributed by atoms with Crippen LogP contribution < -0.4 is 5.32 Å². The summed E-state index contributed by atoms with van der Waals surface area (Å²) < 4.78 is 0. The van der Waals surface area contributed by atoms with Crippen molar-refractivity contribution in [1.29, 1.82) is 0 Å². The molecule has 19 heavy (non-hydrogen) atoms. The Morgan fingerprint density at radius 3 is 2.84 bits per heavy atom. The van der Waals surface area contributed by atoms with Crippen LogP contribution in [0.4, 0.5) is 0 Å². The third-order valence-corrected chi connectivity index (χ3v) is 5.31. The summed E-state index contributed by atoms with van der Waals surface area (Å²) in [6.07, 6.45) is 0.957. The molecule has 0 aliphatic rings. The smallest absolute Gasteiger partial charge is 0.0897 e. The van der Waals surface area contributed by atoms with Crippen LogP contribution in [0.5, 0.6) is 0 Å². The van der Waals surface area contributed by atoms with Gasteiger partial charge < -0.3 is 5.32 Å². The number of thiazole rings is 1. The van der Waals surface area contributed by atoms with Gasteiger partial charge in [-0.3, -0.25) is 0 Å². The Kier molecular flexibility index (Phi) is 5.70. The van der Waals surface area contributed by atoms with Crippen molar-refractivity contribution in [2.24, 2.45) is 0 Å². The summed E-state index contributed by atoms with van der Waals surface area (Å²) in [6.45, 7) is 2.04. The summed E-state index contributed by atoms with van der Waals surface area (Å²) in [6, 6.07) is 8.38. The van der Waals surface area contributed by atoms with Crippen molar-refractivity contribution in [1.82, 2.24) is 10.3 Å². The van der Waals surface area contributed by atoms with Gasteiger partial charge in [-0.05, 0) is 26.1 Å². The first-order chi connectivity index (χ1) is 9.19. The number of aryl methyl sites for hydroxylation is 1. The second-order valence-corrected chi connectivity index (χ2v) is 6.82. The van der Waals surface area contributed by atoms with E-state index in [1.54, 1.807) is 23.1 Å². The van der Waals surface area contributed by atoms with Crippen LogP contribution in [0, 0.1) is 6.92 Å². The summed E-state index contributed by atoms with van der Waals surface area (Å²) in [7, 11) is 2.00. The summed E-state index contributed by atoms with van der Waals surface area (Å²) >= 11 is 9.66. The van der Waals surface area contributed by atoms with Crippen LogP contribution >= 0.6 is 34.7 Å². The number of benzene rings is 1. The fourth-order valence-electron chi connectivity index (χ4n) is 1.75. The number of nitrogens with one attached hydrogen (secondary N) is 1. The number of halogens is 1. The van der Waals surface area contributed by atoms with Crippen molar-refractivity contribution in [3.63, 3.8) is 0 Å². The Morgan fingerprint density at radius 2 is 2.21 bits per heavy atom. The standard InChI is InChI=1S/C14H17ClN2S2/c1-10-17-12(9-18-10)7-11(16-2)8-19-14-6-4-3-5-13(14)15/h3-6,9,11,16H,7-8H2,1-2H3. The lowest BCUT2D eigenvalue weighted by molar-refractivity contribution is 0.610. The van der Waals surface area contributed by atoms with Crippen molar-refractivity contribution in [3.8, 4) is 0 Å². The summed E-state index contributed by atoms with van der Waals surface area (Å²) in [4.78, 5) is 5.65. The Morgan fingerprint density at radius 1 is 1.42 bits per heavy atom. The fraction of sp³-hybridized carbons (Fsp3) is 0.357. The second kappa shape index (κ2) is 7.29. The van der Waals surface area contributed by atoms with E-state index in [4.69, 9.17) is 11.6 Å². The maximum atomic E-state index is 6.16. The van der Waals surface area contributed by atoms with Gasteiger partial charge in [0.25, 0.3) is 0 Å². The molecule has 0 bridgehead atoms. The van der Waals surface area contributed by atoms with Crippen LogP contribution in [0.1, 0.15) is 10.7 Å². The molecule has 0 saturated carbocycles. The Labute approximate surface area is 127 Å². The van der Waals surface area contributed by atoms with E-state index in [2.05, 4.69) is 21.7 Å². The Hall–Kier alpha value is -0.550. The monoisotopic (exact) mass is 312 g/mol. The lowest BCUT2D eigenvalue weighted by Gasteiger charge is -2.14. The molecular formula is C14H17ClN2S2. The number of aromatic nitrogens is 1. The van der Waals surface area contributed by atoms with Crippen molar-refractivity contribution >= 4 is 34.7 Å². The average molecular weight is 313 g/mol. The minimum atomic E-state index is 0.405. The lowest BCUT2D eigenvalue weighted by Crippen LogP contribution is -2.30. The van der Waals surface area contributed by atoms with E-state index < -0.39 is 0 Å². The predicted octanol–water partition coefficient (Wildman–Crippen LogP) is 4.03. The number of hydrogen-bond donors (Lipinski definition) is 1. The number of hydrogen-bond acceptors (Lipinski definition) is 4. The average Bonchev–Trinajstić information content (AvgIpc) is 2.81. The fourth-order valence-corrected chi connectivity index (χ4v) is 3.72. The quantitative estimate of drug-likeness (QED) is 0.815. The van der Waals surface area contributed by atoms with Gasteiger partial charge in [-0.15, -0.1) is 23.1 Å². The van der Waals surface area contributed by atoms with Gasteiger partial charge in [0, 0.05) is 28.5 Å². The molecule has 0 aliphatic heterocycles. The molecule has 0 amide bonds.